The molecule has 6 nitrogen and oxygen atoms in total. The van der Waals surface area contributed by atoms with Gasteiger partial charge in [-0.25, -0.2) is 0 Å². The van der Waals surface area contributed by atoms with Gasteiger partial charge in [-0.3, -0.25) is 15.0 Å². The largest absolute Gasteiger partial charge is 0.490 e. The minimum absolute atomic E-state index is 0.0751. The van der Waals surface area contributed by atoms with E-state index >= 15 is 0 Å². The van der Waals surface area contributed by atoms with E-state index in [1.165, 1.54) is 12.7 Å². The summed E-state index contributed by atoms with van der Waals surface area (Å²) in [6.07, 6.45) is 3.93. The van der Waals surface area contributed by atoms with Crippen LogP contribution < -0.4 is 4.74 Å². The Morgan fingerprint density at radius 3 is 2.82 bits per heavy atom. The number of nitro groups is 1. The van der Waals surface area contributed by atoms with Crippen LogP contribution in [0.5, 0.6) is 5.75 Å². The number of hydrogen-bond donors (Lipinski definition) is 0. The van der Waals surface area contributed by atoms with Gasteiger partial charge in [0.15, 0.2) is 5.75 Å². The first kappa shape index (κ1) is 15.2. The first-order valence-corrected chi connectivity index (χ1v) is 7.85. The molecule has 22 heavy (non-hydrogen) atoms. The van der Waals surface area contributed by atoms with E-state index in [2.05, 4.69) is 4.90 Å². The monoisotopic (exact) mass is 306 g/mol. The molecule has 0 bridgehead atoms. The Bertz CT molecular complexity index is 555. The molecular weight excluding hydrogens is 284 g/mol. The molecule has 1 aliphatic carbocycles. The van der Waals surface area contributed by atoms with Crippen molar-refractivity contribution in [1.82, 2.24) is 4.90 Å². The summed E-state index contributed by atoms with van der Waals surface area (Å²) in [6.45, 7) is 3.55. The number of methoxy groups -OCH3 is 1. The van der Waals surface area contributed by atoms with Crippen molar-refractivity contribution in [3.8, 4) is 5.75 Å². The molecule has 3 rings (SSSR count). The van der Waals surface area contributed by atoms with Gasteiger partial charge in [0.1, 0.15) is 0 Å². The molecule has 1 saturated heterocycles. The summed E-state index contributed by atoms with van der Waals surface area (Å²) in [7, 11) is 1.52. The summed E-state index contributed by atoms with van der Waals surface area (Å²) in [4.78, 5) is 13.3. The average molecular weight is 306 g/mol. The van der Waals surface area contributed by atoms with Crippen molar-refractivity contribution in [2.75, 3.05) is 33.4 Å². The van der Waals surface area contributed by atoms with Crippen LogP contribution in [0.2, 0.25) is 0 Å². The zero-order valence-electron chi connectivity index (χ0n) is 12.9. The number of rotatable bonds is 3. The Morgan fingerprint density at radius 1 is 1.36 bits per heavy atom. The van der Waals surface area contributed by atoms with Crippen LogP contribution in [0.25, 0.3) is 0 Å². The molecule has 1 heterocycles. The van der Waals surface area contributed by atoms with E-state index in [4.69, 9.17) is 9.47 Å². The zero-order valence-corrected chi connectivity index (χ0v) is 12.9. The molecule has 0 aromatic heterocycles. The molecule has 6 heteroatoms. The number of nitrogens with zero attached hydrogens (tertiary/aromatic N) is 2. The van der Waals surface area contributed by atoms with Crippen molar-refractivity contribution in [3.63, 3.8) is 0 Å². The van der Waals surface area contributed by atoms with Gasteiger partial charge in [-0.05, 0) is 31.2 Å². The van der Waals surface area contributed by atoms with Gasteiger partial charge >= 0.3 is 5.69 Å². The Morgan fingerprint density at radius 2 is 2.14 bits per heavy atom. The summed E-state index contributed by atoms with van der Waals surface area (Å²) in [5.74, 6) is 0.449. The topological polar surface area (TPSA) is 64.8 Å². The first-order valence-electron chi connectivity index (χ1n) is 7.85. The molecule has 0 saturated carbocycles. The molecule has 0 radical (unpaired) electrons. The van der Waals surface area contributed by atoms with Gasteiger partial charge in [0.2, 0.25) is 0 Å². The van der Waals surface area contributed by atoms with Crippen molar-refractivity contribution in [2.24, 2.45) is 0 Å². The minimum atomic E-state index is -0.358. The third kappa shape index (κ3) is 2.94. The fraction of sp³-hybridized carbons (Fsp3) is 0.625. The lowest BCUT2D eigenvalue weighted by atomic mass is 9.99. The fourth-order valence-corrected chi connectivity index (χ4v) is 3.62. The number of fused-ring (bicyclic) bond motifs is 1. The summed E-state index contributed by atoms with van der Waals surface area (Å²) in [6, 6.07) is 3.99. The molecule has 0 amide bonds. The van der Waals surface area contributed by atoms with Crippen molar-refractivity contribution < 1.29 is 14.4 Å². The first-order chi connectivity index (χ1) is 10.7. The van der Waals surface area contributed by atoms with Crippen molar-refractivity contribution in [2.45, 2.75) is 31.7 Å². The Labute approximate surface area is 130 Å². The second-order valence-corrected chi connectivity index (χ2v) is 5.91. The highest BCUT2D eigenvalue weighted by Gasteiger charge is 2.28. The Kier molecular flexibility index (Phi) is 4.59. The van der Waals surface area contributed by atoms with E-state index in [-0.39, 0.29) is 10.6 Å². The van der Waals surface area contributed by atoms with E-state index in [1.807, 2.05) is 6.07 Å². The van der Waals surface area contributed by atoms with E-state index in [0.29, 0.717) is 11.8 Å². The molecule has 1 fully saturated rings. The molecule has 1 unspecified atom stereocenters. The summed E-state index contributed by atoms with van der Waals surface area (Å²) in [5, 5.41) is 11.2. The number of morpholine rings is 1. The molecule has 0 spiro atoms. The van der Waals surface area contributed by atoms with Crippen LogP contribution in [0.15, 0.2) is 12.1 Å². The highest BCUT2D eigenvalue weighted by atomic mass is 16.6. The fourth-order valence-electron chi connectivity index (χ4n) is 3.62. The third-order valence-electron chi connectivity index (χ3n) is 4.72. The standard InChI is InChI=1S/C16H22N2O4/c1-21-16-14-4-2-3-13(17-7-9-22-10-8-17)11-12(14)5-6-15(16)18(19)20/h5-6,13H,2-4,7-11H2,1H3. The molecule has 120 valence electrons. The second kappa shape index (κ2) is 6.62. The Hall–Kier alpha value is -1.66. The van der Waals surface area contributed by atoms with Crippen LogP contribution in [0.1, 0.15) is 24.0 Å². The molecule has 1 atom stereocenters. The quantitative estimate of drug-likeness (QED) is 0.486. The Balaban J connectivity index is 1.89. The number of ether oxygens (including phenoxy) is 2. The maximum atomic E-state index is 11.2. The maximum Gasteiger partial charge on any atom is 0.311 e. The van der Waals surface area contributed by atoms with Crippen LogP contribution in [0.4, 0.5) is 5.69 Å². The van der Waals surface area contributed by atoms with Gasteiger partial charge < -0.3 is 9.47 Å². The molecule has 0 N–H and O–H groups in total. The highest BCUT2D eigenvalue weighted by Crippen LogP contribution is 2.37. The third-order valence-corrected chi connectivity index (χ3v) is 4.72. The predicted octanol–water partition coefficient (Wildman–Crippen LogP) is 2.18. The lowest BCUT2D eigenvalue weighted by molar-refractivity contribution is -0.385. The van der Waals surface area contributed by atoms with E-state index < -0.39 is 0 Å². The normalized spacial score (nSPS) is 22.7. The van der Waals surface area contributed by atoms with E-state index in [1.54, 1.807) is 6.07 Å². The maximum absolute atomic E-state index is 11.2. The van der Waals surface area contributed by atoms with Crippen molar-refractivity contribution in [1.29, 1.82) is 0 Å². The van der Waals surface area contributed by atoms with Gasteiger partial charge in [0.25, 0.3) is 0 Å². The average Bonchev–Trinajstić information content (AvgIpc) is 2.76. The number of benzene rings is 1. The van der Waals surface area contributed by atoms with E-state index in [0.717, 1.165) is 57.6 Å². The van der Waals surface area contributed by atoms with Gasteiger partial charge in [-0.1, -0.05) is 6.07 Å². The van der Waals surface area contributed by atoms with Crippen LogP contribution in [-0.4, -0.2) is 49.3 Å². The summed E-state index contributed by atoms with van der Waals surface area (Å²) in [5.41, 5.74) is 2.29. The summed E-state index contributed by atoms with van der Waals surface area (Å²) >= 11 is 0. The van der Waals surface area contributed by atoms with Crippen LogP contribution >= 0.6 is 0 Å². The summed E-state index contributed by atoms with van der Waals surface area (Å²) < 4.78 is 10.8. The molecule has 1 aromatic rings. The van der Waals surface area contributed by atoms with Crippen LogP contribution in [0.3, 0.4) is 0 Å². The van der Waals surface area contributed by atoms with Crippen molar-refractivity contribution in [3.05, 3.63) is 33.4 Å². The van der Waals surface area contributed by atoms with Gasteiger partial charge in [0.05, 0.1) is 25.2 Å². The number of hydrogen-bond acceptors (Lipinski definition) is 5. The zero-order chi connectivity index (χ0) is 15.5. The smallest absolute Gasteiger partial charge is 0.311 e. The van der Waals surface area contributed by atoms with Crippen molar-refractivity contribution >= 4 is 5.69 Å². The van der Waals surface area contributed by atoms with Gasteiger partial charge in [-0.2, -0.15) is 0 Å². The lowest BCUT2D eigenvalue weighted by Crippen LogP contribution is -2.44. The van der Waals surface area contributed by atoms with Gasteiger partial charge in [-0.15, -0.1) is 0 Å². The molecule has 1 aliphatic heterocycles. The highest BCUT2D eigenvalue weighted by molar-refractivity contribution is 5.55. The minimum Gasteiger partial charge on any atom is -0.490 e. The lowest BCUT2D eigenvalue weighted by Gasteiger charge is -2.34. The van der Waals surface area contributed by atoms with E-state index in [9.17, 15) is 10.1 Å². The predicted molar refractivity (Wildman–Crippen MR) is 82.5 cm³/mol. The molecule has 1 aromatic carbocycles. The SMILES string of the molecule is COc1c([N+](=O)[O-])ccc2c1CCCC(N1CCOCC1)C2. The van der Waals surface area contributed by atoms with Crippen LogP contribution in [-0.2, 0) is 17.6 Å². The second-order valence-electron chi connectivity index (χ2n) is 5.91. The molecular formula is C16H22N2O4. The molecule has 2 aliphatic rings. The number of nitro benzene ring substituents is 1. The van der Waals surface area contributed by atoms with Gasteiger partial charge in [0, 0.05) is 30.8 Å². The van der Waals surface area contributed by atoms with Crippen LogP contribution in [0, 0.1) is 10.1 Å².